The van der Waals surface area contributed by atoms with Gasteiger partial charge in [0, 0.05) is 5.69 Å². The normalized spacial score (nSPS) is 13.8. The lowest BCUT2D eigenvalue weighted by Gasteiger charge is -2.27. The first-order valence-electron chi connectivity index (χ1n) is 6.87. The largest absolute Gasteiger partial charge is 0.573 e. The molecule has 5 nitrogen and oxygen atoms in total. The van der Waals surface area contributed by atoms with Crippen molar-refractivity contribution in [2.24, 2.45) is 5.92 Å². The number of nitriles is 1. The van der Waals surface area contributed by atoms with Crippen LogP contribution in [0.4, 0.5) is 18.9 Å². The zero-order valence-electron chi connectivity index (χ0n) is 13.0. The molecule has 0 aliphatic rings. The van der Waals surface area contributed by atoms with Crippen LogP contribution in [0, 0.1) is 17.2 Å². The second-order valence-corrected chi connectivity index (χ2v) is 5.44. The third-order valence-corrected chi connectivity index (χ3v) is 3.33. The van der Waals surface area contributed by atoms with Crippen LogP contribution in [0.2, 0.25) is 0 Å². The first-order valence-corrected chi connectivity index (χ1v) is 6.87. The van der Waals surface area contributed by atoms with Crippen LogP contribution in [0.15, 0.2) is 24.3 Å². The lowest BCUT2D eigenvalue weighted by molar-refractivity contribution is -0.274. The minimum absolute atomic E-state index is 0.0738. The van der Waals surface area contributed by atoms with Gasteiger partial charge in [-0.1, -0.05) is 13.8 Å². The Hall–Kier alpha value is -2.43. The van der Waals surface area contributed by atoms with Gasteiger partial charge in [-0.15, -0.1) is 13.2 Å². The number of nitrogens with one attached hydrogen (secondary N) is 2. The van der Waals surface area contributed by atoms with Gasteiger partial charge in [0.05, 0.1) is 12.6 Å². The maximum atomic E-state index is 12.0. The SMILES string of the molecule is CC(C)[C@](C)(C#N)NC(=O)CNc1ccc(OC(F)(F)F)cc1. The minimum Gasteiger partial charge on any atom is -0.406 e. The summed E-state index contributed by atoms with van der Waals surface area (Å²) in [4.78, 5) is 11.9. The Kier molecular flexibility index (Phi) is 5.85. The predicted octanol–water partition coefficient (Wildman–Crippen LogP) is 3.05. The number of carbonyl (C=O) groups is 1. The fraction of sp³-hybridized carbons (Fsp3) is 0.467. The Balaban J connectivity index is 2.55. The monoisotopic (exact) mass is 329 g/mol. The Morgan fingerprint density at radius 3 is 2.30 bits per heavy atom. The molecule has 1 amide bonds. The lowest BCUT2D eigenvalue weighted by Crippen LogP contribution is -2.50. The molecule has 126 valence electrons. The number of anilines is 1. The highest BCUT2D eigenvalue weighted by atomic mass is 19.4. The second-order valence-electron chi connectivity index (χ2n) is 5.44. The van der Waals surface area contributed by atoms with Gasteiger partial charge in [-0.05, 0) is 37.1 Å². The molecule has 0 radical (unpaired) electrons. The van der Waals surface area contributed by atoms with E-state index in [0.29, 0.717) is 5.69 Å². The molecule has 0 aromatic heterocycles. The number of nitrogens with zero attached hydrogens (tertiary/aromatic N) is 1. The Morgan fingerprint density at radius 2 is 1.87 bits per heavy atom. The molecule has 0 saturated heterocycles. The first kappa shape index (κ1) is 18.6. The molecule has 2 N–H and O–H groups in total. The summed E-state index contributed by atoms with van der Waals surface area (Å²) in [5, 5.41) is 14.5. The van der Waals surface area contributed by atoms with Crippen LogP contribution in [0.3, 0.4) is 0 Å². The highest BCUT2D eigenvalue weighted by Crippen LogP contribution is 2.23. The smallest absolute Gasteiger partial charge is 0.406 e. The Bertz CT molecular complexity index is 579. The third-order valence-electron chi connectivity index (χ3n) is 3.33. The fourth-order valence-electron chi connectivity index (χ4n) is 1.59. The molecule has 0 aliphatic heterocycles. The summed E-state index contributed by atoms with van der Waals surface area (Å²) in [7, 11) is 0. The fourth-order valence-corrected chi connectivity index (χ4v) is 1.59. The van der Waals surface area contributed by atoms with Gasteiger partial charge in [0.1, 0.15) is 11.3 Å². The average Bonchev–Trinajstić information content (AvgIpc) is 2.44. The van der Waals surface area contributed by atoms with E-state index in [9.17, 15) is 18.0 Å². The van der Waals surface area contributed by atoms with Crippen LogP contribution >= 0.6 is 0 Å². The molecule has 8 heteroatoms. The van der Waals surface area contributed by atoms with E-state index >= 15 is 0 Å². The maximum Gasteiger partial charge on any atom is 0.573 e. The van der Waals surface area contributed by atoms with Crippen LogP contribution in [-0.2, 0) is 4.79 Å². The van der Waals surface area contributed by atoms with Crippen molar-refractivity contribution in [3.63, 3.8) is 0 Å². The summed E-state index contributed by atoms with van der Waals surface area (Å²) in [6, 6.07) is 7.06. The molecule has 0 spiro atoms. The molecule has 0 unspecified atom stereocenters. The van der Waals surface area contributed by atoms with Crippen LogP contribution < -0.4 is 15.4 Å². The van der Waals surface area contributed by atoms with Crippen molar-refractivity contribution in [3.05, 3.63) is 24.3 Å². The van der Waals surface area contributed by atoms with Gasteiger partial charge < -0.3 is 15.4 Å². The third kappa shape index (κ3) is 6.06. The van der Waals surface area contributed by atoms with Crippen molar-refractivity contribution in [2.45, 2.75) is 32.7 Å². The van der Waals surface area contributed by atoms with E-state index in [1.165, 1.54) is 12.1 Å². The van der Waals surface area contributed by atoms with Gasteiger partial charge in [-0.3, -0.25) is 4.79 Å². The maximum absolute atomic E-state index is 12.0. The molecule has 1 aromatic carbocycles. The van der Waals surface area contributed by atoms with Gasteiger partial charge in [0.15, 0.2) is 0 Å². The van der Waals surface area contributed by atoms with Gasteiger partial charge in [0.2, 0.25) is 5.91 Å². The van der Waals surface area contributed by atoms with Crippen molar-refractivity contribution in [2.75, 3.05) is 11.9 Å². The van der Waals surface area contributed by atoms with E-state index in [-0.39, 0.29) is 18.2 Å². The topological polar surface area (TPSA) is 74.2 Å². The molecular formula is C15H18F3N3O2. The molecule has 1 atom stereocenters. The number of hydrogen-bond acceptors (Lipinski definition) is 4. The zero-order valence-corrected chi connectivity index (χ0v) is 13.0. The van der Waals surface area contributed by atoms with E-state index in [2.05, 4.69) is 21.4 Å². The van der Waals surface area contributed by atoms with Crippen LogP contribution in [-0.4, -0.2) is 24.4 Å². The van der Waals surface area contributed by atoms with E-state index in [0.717, 1.165) is 12.1 Å². The summed E-state index contributed by atoms with van der Waals surface area (Å²) >= 11 is 0. The van der Waals surface area contributed by atoms with Gasteiger partial charge in [0.25, 0.3) is 0 Å². The number of hydrogen-bond donors (Lipinski definition) is 2. The number of ether oxygens (including phenoxy) is 1. The van der Waals surface area contributed by atoms with Crippen molar-refractivity contribution in [3.8, 4) is 11.8 Å². The number of benzene rings is 1. The highest BCUT2D eigenvalue weighted by Gasteiger charge is 2.31. The van der Waals surface area contributed by atoms with E-state index < -0.39 is 17.8 Å². The Morgan fingerprint density at radius 1 is 1.30 bits per heavy atom. The standard InChI is InChI=1S/C15H18F3N3O2/c1-10(2)14(3,9-19)21-13(22)8-20-11-4-6-12(7-5-11)23-15(16,17)18/h4-7,10,20H,8H2,1-3H3,(H,21,22)/t14-/m0/s1. The first-order chi connectivity index (χ1) is 10.6. The van der Waals surface area contributed by atoms with Gasteiger partial charge >= 0.3 is 6.36 Å². The van der Waals surface area contributed by atoms with Crippen LogP contribution in [0.1, 0.15) is 20.8 Å². The zero-order chi connectivity index (χ0) is 17.7. The van der Waals surface area contributed by atoms with Crippen molar-refractivity contribution < 1.29 is 22.7 Å². The lowest BCUT2D eigenvalue weighted by atomic mass is 9.90. The molecule has 0 heterocycles. The molecule has 0 bridgehead atoms. The molecule has 1 aromatic rings. The molecule has 1 rings (SSSR count). The van der Waals surface area contributed by atoms with E-state index in [1.54, 1.807) is 6.92 Å². The molecule has 0 aliphatic carbocycles. The molecular weight excluding hydrogens is 311 g/mol. The van der Waals surface area contributed by atoms with Crippen LogP contribution in [0.5, 0.6) is 5.75 Å². The highest BCUT2D eigenvalue weighted by molar-refractivity contribution is 5.81. The summed E-state index contributed by atoms with van der Waals surface area (Å²) in [5.74, 6) is -0.807. The van der Waals surface area contributed by atoms with Gasteiger partial charge in [-0.2, -0.15) is 5.26 Å². The number of rotatable bonds is 6. The van der Waals surface area contributed by atoms with Crippen molar-refractivity contribution in [1.29, 1.82) is 5.26 Å². The van der Waals surface area contributed by atoms with Gasteiger partial charge in [-0.25, -0.2) is 0 Å². The number of amides is 1. The quantitative estimate of drug-likeness (QED) is 0.841. The number of alkyl halides is 3. The van der Waals surface area contributed by atoms with E-state index in [4.69, 9.17) is 5.26 Å². The predicted molar refractivity (Wildman–Crippen MR) is 78.6 cm³/mol. The van der Waals surface area contributed by atoms with Crippen molar-refractivity contribution in [1.82, 2.24) is 5.32 Å². The van der Waals surface area contributed by atoms with Crippen LogP contribution in [0.25, 0.3) is 0 Å². The summed E-state index contributed by atoms with van der Waals surface area (Å²) in [5.41, 5.74) is -0.527. The summed E-state index contributed by atoms with van der Waals surface area (Å²) < 4.78 is 39.9. The number of halogens is 3. The van der Waals surface area contributed by atoms with E-state index in [1.807, 2.05) is 13.8 Å². The molecule has 0 fully saturated rings. The molecule has 23 heavy (non-hydrogen) atoms. The average molecular weight is 329 g/mol. The summed E-state index contributed by atoms with van der Waals surface area (Å²) in [6.07, 6.45) is -4.74. The number of carbonyl (C=O) groups excluding carboxylic acids is 1. The Labute approximate surface area is 132 Å². The second kappa shape index (κ2) is 7.22. The van der Waals surface area contributed by atoms with Crippen molar-refractivity contribution >= 4 is 11.6 Å². The minimum atomic E-state index is -4.74. The molecule has 0 saturated carbocycles. The summed E-state index contributed by atoms with van der Waals surface area (Å²) in [6.45, 7) is 5.15.